The van der Waals surface area contributed by atoms with Crippen LogP contribution in [0.15, 0.2) is 53.5 Å². The first kappa shape index (κ1) is 13.1. The van der Waals surface area contributed by atoms with E-state index in [9.17, 15) is 0 Å². The second-order valence-corrected chi connectivity index (χ2v) is 4.34. The highest BCUT2D eigenvalue weighted by atomic mass is 15.0. The van der Waals surface area contributed by atoms with Crippen LogP contribution in [-0.4, -0.2) is 5.96 Å². The van der Waals surface area contributed by atoms with Gasteiger partial charge < -0.3 is 17.2 Å². The Kier molecular flexibility index (Phi) is 4.15. The van der Waals surface area contributed by atoms with Gasteiger partial charge in [0.25, 0.3) is 0 Å². The zero-order valence-electron chi connectivity index (χ0n) is 10.7. The third-order valence-corrected chi connectivity index (χ3v) is 2.89. The van der Waals surface area contributed by atoms with Crippen LogP contribution < -0.4 is 17.2 Å². The van der Waals surface area contributed by atoms with E-state index in [0.29, 0.717) is 13.1 Å². The number of aliphatic imine (C=N–C) groups is 1. The van der Waals surface area contributed by atoms with Crippen molar-refractivity contribution >= 4 is 5.96 Å². The smallest absolute Gasteiger partial charge is 0.186 e. The van der Waals surface area contributed by atoms with Gasteiger partial charge in [-0.15, -0.1) is 0 Å². The fraction of sp³-hybridized carbons (Fsp3) is 0.133. The molecule has 6 N–H and O–H groups in total. The Hall–Kier alpha value is -2.33. The summed E-state index contributed by atoms with van der Waals surface area (Å²) in [6.07, 6.45) is 0. The van der Waals surface area contributed by atoms with Crippen LogP contribution in [0.1, 0.15) is 11.1 Å². The third-order valence-electron chi connectivity index (χ3n) is 2.89. The maximum Gasteiger partial charge on any atom is 0.186 e. The summed E-state index contributed by atoms with van der Waals surface area (Å²) in [5, 5.41) is 0. The highest BCUT2D eigenvalue weighted by molar-refractivity contribution is 5.75. The second kappa shape index (κ2) is 6.02. The predicted octanol–water partition coefficient (Wildman–Crippen LogP) is 1.59. The second-order valence-electron chi connectivity index (χ2n) is 4.34. The van der Waals surface area contributed by atoms with Crippen LogP contribution in [-0.2, 0) is 13.1 Å². The molecule has 98 valence electrons. The minimum absolute atomic E-state index is 0.111. The molecule has 0 aliphatic heterocycles. The minimum Gasteiger partial charge on any atom is -0.370 e. The van der Waals surface area contributed by atoms with Gasteiger partial charge in [-0.2, -0.15) is 0 Å². The van der Waals surface area contributed by atoms with Gasteiger partial charge in [-0.25, -0.2) is 4.99 Å². The van der Waals surface area contributed by atoms with Gasteiger partial charge in [0.2, 0.25) is 0 Å². The molecule has 0 aliphatic carbocycles. The van der Waals surface area contributed by atoms with Crippen LogP contribution in [0.4, 0.5) is 0 Å². The van der Waals surface area contributed by atoms with Crippen LogP contribution in [0.5, 0.6) is 0 Å². The Labute approximate surface area is 112 Å². The molecule has 0 saturated carbocycles. The summed E-state index contributed by atoms with van der Waals surface area (Å²) >= 11 is 0. The molecule has 0 radical (unpaired) electrons. The normalized spacial score (nSPS) is 10.2. The molecular formula is C15H18N4. The van der Waals surface area contributed by atoms with E-state index in [0.717, 1.165) is 22.3 Å². The average Bonchev–Trinajstić information content (AvgIpc) is 2.45. The molecule has 0 heterocycles. The number of nitrogens with two attached hydrogens (primary N) is 3. The van der Waals surface area contributed by atoms with Gasteiger partial charge in [-0.3, -0.25) is 0 Å². The molecule has 19 heavy (non-hydrogen) atoms. The van der Waals surface area contributed by atoms with Gasteiger partial charge in [0.1, 0.15) is 0 Å². The first-order valence-corrected chi connectivity index (χ1v) is 6.13. The van der Waals surface area contributed by atoms with Crippen LogP contribution in [0, 0.1) is 0 Å². The molecule has 2 aromatic rings. The van der Waals surface area contributed by atoms with Gasteiger partial charge in [0, 0.05) is 6.54 Å². The fourth-order valence-corrected chi connectivity index (χ4v) is 1.86. The first-order chi connectivity index (χ1) is 9.19. The minimum atomic E-state index is 0.111. The zero-order valence-corrected chi connectivity index (χ0v) is 10.7. The predicted molar refractivity (Wildman–Crippen MR) is 79.3 cm³/mol. The molecule has 4 heteroatoms. The molecule has 0 bridgehead atoms. The van der Waals surface area contributed by atoms with E-state index in [-0.39, 0.29) is 5.96 Å². The van der Waals surface area contributed by atoms with Crippen molar-refractivity contribution in [3.8, 4) is 11.1 Å². The number of rotatable bonds is 4. The topological polar surface area (TPSA) is 90.4 Å². The molecule has 0 fully saturated rings. The summed E-state index contributed by atoms with van der Waals surface area (Å²) < 4.78 is 0. The quantitative estimate of drug-likeness (QED) is 0.571. The van der Waals surface area contributed by atoms with Crippen molar-refractivity contribution in [1.82, 2.24) is 0 Å². The van der Waals surface area contributed by atoms with E-state index >= 15 is 0 Å². The number of hydrogen-bond acceptors (Lipinski definition) is 2. The third kappa shape index (κ3) is 3.56. The van der Waals surface area contributed by atoms with Gasteiger partial charge in [-0.05, 0) is 28.3 Å². The molecule has 0 atom stereocenters. The number of benzene rings is 2. The number of hydrogen-bond donors (Lipinski definition) is 3. The lowest BCUT2D eigenvalue weighted by Gasteiger charge is -2.05. The van der Waals surface area contributed by atoms with Crippen LogP contribution in [0.2, 0.25) is 0 Å². The Morgan fingerprint density at radius 1 is 0.895 bits per heavy atom. The van der Waals surface area contributed by atoms with Crippen molar-refractivity contribution in [1.29, 1.82) is 0 Å². The highest BCUT2D eigenvalue weighted by Gasteiger charge is 1.99. The molecule has 4 nitrogen and oxygen atoms in total. The Morgan fingerprint density at radius 2 is 1.63 bits per heavy atom. The summed E-state index contributed by atoms with van der Waals surface area (Å²) in [6, 6.07) is 16.4. The molecule has 0 aromatic heterocycles. The lowest BCUT2D eigenvalue weighted by atomic mass is 10.0. The molecule has 0 unspecified atom stereocenters. The largest absolute Gasteiger partial charge is 0.370 e. The van der Waals surface area contributed by atoms with Crippen LogP contribution in [0.25, 0.3) is 11.1 Å². The Bertz CT molecular complexity index is 569. The molecule has 0 amide bonds. The van der Waals surface area contributed by atoms with Crippen molar-refractivity contribution in [2.24, 2.45) is 22.2 Å². The average molecular weight is 254 g/mol. The van der Waals surface area contributed by atoms with Crippen molar-refractivity contribution < 1.29 is 0 Å². The Balaban J connectivity index is 2.19. The van der Waals surface area contributed by atoms with E-state index in [1.165, 1.54) is 0 Å². The van der Waals surface area contributed by atoms with E-state index in [4.69, 9.17) is 17.2 Å². The number of guanidine groups is 1. The summed E-state index contributed by atoms with van der Waals surface area (Å²) in [7, 11) is 0. The van der Waals surface area contributed by atoms with Crippen molar-refractivity contribution in [3.63, 3.8) is 0 Å². The van der Waals surface area contributed by atoms with Gasteiger partial charge in [-0.1, -0.05) is 42.5 Å². The zero-order chi connectivity index (χ0) is 13.7. The highest BCUT2D eigenvalue weighted by Crippen LogP contribution is 2.21. The van der Waals surface area contributed by atoms with Gasteiger partial charge in [0.05, 0.1) is 6.54 Å². The van der Waals surface area contributed by atoms with Gasteiger partial charge in [0.15, 0.2) is 5.96 Å². The fourth-order valence-electron chi connectivity index (χ4n) is 1.86. The van der Waals surface area contributed by atoms with Crippen molar-refractivity contribution in [3.05, 3.63) is 59.7 Å². The summed E-state index contributed by atoms with van der Waals surface area (Å²) in [4.78, 5) is 3.98. The summed E-state index contributed by atoms with van der Waals surface area (Å²) in [6.45, 7) is 1.06. The molecule has 0 spiro atoms. The molecule has 2 rings (SSSR count). The van der Waals surface area contributed by atoms with Gasteiger partial charge >= 0.3 is 0 Å². The van der Waals surface area contributed by atoms with E-state index in [1.54, 1.807) is 0 Å². The van der Waals surface area contributed by atoms with Crippen LogP contribution in [0.3, 0.4) is 0 Å². The Morgan fingerprint density at radius 3 is 2.26 bits per heavy atom. The van der Waals surface area contributed by atoms with Crippen LogP contribution >= 0.6 is 0 Å². The van der Waals surface area contributed by atoms with E-state index in [2.05, 4.69) is 29.3 Å². The maximum absolute atomic E-state index is 5.65. The SMILES string of the molecule is NCc1cccc(-c2ccc(CN=C(N)N)cc2)c1. The summed E-state index contributed by atoms with van der Waals surface area (Å²) in [5.74, 6) is 0.111. The maximum atomic E-state index is 5.65. The lowest BCUT2D eigenvalue weighted by Crippen LogP contribution is -2.22. The van der Waals surface area contributed by atoms with E-state index < -0.39 is 0 Å². The molecule has 2 aromatic carbocycles. The lowest BCUT2D eigenvalue weighted by molar-refractivity contribution is 1.05. The van der Waals surface area contributed by atoms with Crippen molar-refractivity contribution in [2.45, 2.75) is 13.1 Å². The van der Waals surface area contributed by atoms with Crippen molar-refractivity contribution in [2.75, 3.05) is 0 Å². The monoisotopic (exact) mass is 254 g/mol. The van der Waals surface area contributed by atoms with E-state index in [1.807, 2.05) is 24.3 Å². The first-order valence-electron chi connectivity index (χ1n) is 6.13. The molecule has 0 aliphatic rings. The summed E-state index contributed by atoms with van der Waals surface area (Å²) in [5.41, 5.74) is 20.8. The number of nitrogens with zero attached hydrogens (tertiary/aromatic N) is 1. The molecular weight excluding hydrogens is 236 g/mol. The molecule has 0 saturated heterocycles. The standard InChI is InChI=1S/C15H18N4/c16-9-12-2-1-3-14(8-12)13-6-4-11(5-7-13)10-19-15(17)18/h1-8H,9-10,16H2,(H4,17,18,19).